The highest BCUT2D eigenvalue weighted by atomic mass is 16.4. The summed E-state index contributed by atoms with van der Waals surface area (Å²) in [5.74, 6) is 3.93. The van der Waals surface area contributed by atoms with Crippen molar-refractivity contribution >= 4 is 0 Å². The molecule has 1 aliphatic rings. The summed E-state index contributed by atoms with van der Waals surface area (Å²) >= 11 is 0. The van der Waals surface area contributed by atoms with Crippen molar-refractivity contribution in [1.29, 1.82) is 0 Å². The summed E-state index contributed by atoms with van der Waals surface area (Å²) in [7, 11) is 0. The third-order valence-electron chi connectivity index (χ3n) is 3.61. The van der Waals surface area contributed by atoms with Crippen LogP contribution in [0.25, 0.3) is 11.5 Å². The lowest BCUT2D eigenvalue weighted by atomic mass is 10.1. The van der Waals surface area contributed by atoms with Crippen molar-refractivity contribution in [2.24, 2.45) is 11.8 Å². The normalized spacial score (nSPS) is 23.0. The van der Waals surface area contributed by atoms with E-state index in [0.717, 1.165) is 29.1 Å². The molecule has 2 aromatic rings. The Balaban J connectivity index is 1.81. The van der Waals surface area contributed by atoms with Gasteiger partial charge in [0.05, 0.1) is 6.20 Å². The molecule has 1 aromatic heterocycles. The first-order valence-electron chi connectivity index (χ1n) is 6.27. The third kappa shape index (κ3) is 1.99. The Hall–Kier alpha value is -1.57. The van der Waals surface area contributed by atoms with Crippen molar-refractivity contribution in [3.05, 3.63) is 42.3 Å². The van der Waals surface area contributed by atoms with Gasteiger partial charge in [0.25, 0.3) is 0 Å². The second-order valence-corrected chi connectivity index (χ2v) is 5.18. The standard InChI is InChI=1S/C15H17NO/c1-10(2)12-8-13(12)14-9-16-15(17-14)11-6-4-3-5-7-11/h3-7,9-10,12-13H,8H2,1-2H3/t12-,13+/m0/s1. The fourth-order valence-electron chi connectivity index (χ4n) is 2.45. The number of hydrogen-bond donors (Lipinski definition) is 0. The first-order chi connectivity index (χ1) is 8.25. The average molecular weight is 227 g/mol. The van der Waals surface area contributed by atoms with Crippen LogP contribution in [-0.4, -0.2) is 4.98 Å². The van der Waals surface area contributed by atoms with E-state index in [1.807, 2.05) is 36.5 Å². The zero-order valence-electron chi connectivity index (χ0n) is 10.3. The summed E-state index contributed by atoms with van der Waals surface area (Å²) < 4.78 is 5.86. The maximum absolute atomic E-state index is 5.86. The molecule has 0 spiro atoms. The monoisotopic (exact) mass is 227 g/mol. The molecule has 2 atom stereocenters. The molecule has 1 aliphatic carbocycles. The van der Waals surface area contributed by atoms with Crippen LogP contribution in [0.5, 0.6) is 0 Å². The molecule has 88 valence electrons. The molecule has 0 aliphatic heterocycles. The third-order valence-corrected chi connectivity index (χ3v) is 3.61. The molecule has 0 N–H and O–H groups in total. The predicted octanol–water partition coefficient (Wildman–Crippen LogP) is 4.10. The molecule has 2 nitrogen and oxygen atoms in total. The lowest BCUT2D eigenvalue weighted by molar-refractivity contribution is 0.482. The number of hydrogen-bond acceptors (Lipinski definition) is 2. The second-order valence-electron chi connectivity index (χ2n) is 5.18. The summed E-state index contributed by atoms with van der Waals surface area (Å²) in [5.41, 5.74) is 1.06. The zero-order valence-corrected chi connectivity index (χ0v) is 10.3. The molecule has 3 rings (SSSR count). The number of aromatic nitrogens is 1. The van der Waals surface area contributed by atoms with E-state index in [0.29, 0.717) is 5.92 Å². The van der Waals surface area contributed by atoms with Crippen LogP contribution >= 0.6 is 0 Å². The summed E-state index contributed by atoms with van der Waals surface area (Å²) in [6, 6.07) is 10.1. The molecule has 0 radical (unpaired) electrons. The first kappa shape index (κ1) is 10.6. The molecule has 1 saturated carbocycles. The van der Waals surface area contributed by atoms with E-state index in [1.54, 1.807) is 0 Å². The van der Waals surface area contributed by atoms with Crippen LogP contribution in [0.15, 0.2) is 40.9 Å². The Morgan fingerprint density at radius 3 is 2.65 bits per heavy atom. The Labute approximate surface area is 102 Å². The van der Waals surface area contributed by atoms with Crippen LogP contribution in [0, 0.1) is 11.8 Å². The van der Waals surface area contributed by atoms with E-state index in [9.17, 15) is 0 Å². The van der Waals surface area contributed by atoms with E-state index >= 15 is 0 Å². The summed E-state index contributed by atoms with van der Waals surface area (Å²) in [6.45, 7) is 4.55. The van der Waals surface area contributed by atoms with Gasteiger partial charge in [-0.2, -0.15) is 0 Å². The van der Waals surface area contributed by atoms with E-state index in [-0.39, 0.29) is 0 Å². The van der Waals surface area contributed by atoms with Gasteiger partial charge in [-0.15, -0.1) is 0 Å². The van der Waals surface area contributed by atoms with E-state index in [1.165, 1.54) is 6.42 Å². The van der Waals surface area contributed by atoms with Crippen molar-refractivity contribution in [1.82, 2.24) is 4.98 Å². The molecule has 17 heavy (non-hydrogen) atoms. The molecular weight excluding hydrogens is 210 g/mol. The summed E-state index contributed by atoms with van der Waals surface area (Å²) in [6.07, 6.45) is 3.15. The maximum Gasteiger partial charge on any atom is 0.226 e. The quantitative estimate of drug-likeness (QED) is 0.789. The van der Waals surface area contributed by atoms with Crippen molar-refractivity contribution in [2.75, 3.05) is 0 Å². The SMILES string of the molecule is CC(C)[C@@H]1C[C@H]1c1cnc(-c2ccccc2)o1. The molecule has 1 fully saturated rings. The van der Waals surface area contributed by atoms with Crippen molar-refractivity contribution in [3.8, 4) is 11.5 Å². The minimum absolute atomic E-state index is 0.597. The van der Waals surface area contributed by atoms with Crippen molar-refractivity contribution < 1.29 is 4.42 Å². The average Bonchev–Trinajstić information content (AvgIpc) is 3.01. The zero-order chi connectivity index (χ0) is 11.8. The highest BCUT2D eigenvalue weighted by Gasteiger charge is 2.42. The van der Waals surface area contributed by atoms with Gasteiger partial charge in [0.2, 0.25) is 5.89 Å². The predicted molar refractivity (Wildman–Crippen MR) is 67.6 cm³/mol. The van der Waals surface area contributed by atoms with Gasteiger partial charge < -0.3 is 4.42 Å². The first-order valence-corrected chi connectivity index (χ1v) is 6.27. The lowest BCUT2D eigenvalue weighted by Crippen LogP contribution is -1.91. The lowest BCUT2D eigenvalue weighted by Gasteiger charge is -2.00. The van der Waals surface area contributed by atoms with Crippen LogP contribution < -0.4 is 0 Å². The minimum atomic E-state index is 0.597. The summed E-state index contributed by atoms with van der Waals surface area (Å²) in [5, 5.41) is 0. The maximum atomic E-state index is 5.86. The number of benzene rings is 1. The van der Waals surface area contributed by atoms with Gasteiger partial charge in [-0.25, -0.2) is 4.98 Å². The van der Waals surface area contributed by atoms with Crippen molar-refractivity contribution in [3.63, 3.8) is 0 Å². The number of rotatable bonds is 3. The molecule has 0 unspecified atom stereocenters. The number of oxazole rings is 1. The Morgan fingerprint density at radius 2 is 2.00 bits per heavy atom. The van der Waals surface area contributed by atoms with Crippen LogP contribution in [0.2, 0.25) is 0 Å². The van der Waals surface area contributed by atoms with E-state index < -0.39 is 0 Å². The second kappa shape index (κ2) is 4.02. The van der Waals surface area contributed by atoms with Gasteiger partial charge in [-0.1, -0.05) is 32.0 Å². The molecule has 1 aromatic carbocycles. The van der Waals surface area contributed by atoms with Crippen molar-refractivity contribution in [2.45, 2.75) is 26.2 Å². The molecule has 0 saturated heterocycles. The van der Waals surface area contributed by atoms with Gasteiger partial charge in [0, 0.05) is 11.5 Å². The molecule has 0 amide bonds. The largest absolute Gasteiger partial charge is 0.441 e. The van der Waals surface area contributed by atoms with Crippen LogP contribution in [0.3, 0.4) is 0 Å². The minimum Gasteiger partial charge on any atom is -0.441 e. The van der Waals surface area contributed by atoms with Gasteiger partial charge in [-0.05, 0) is 30.4 Å². The number of nitrogens with zero attached hydrogens (tertiary/aromatic N) is 1. The highest BCUT2D eigenvalue weighted by Crippen LogP contribution is 2.52. The highest BCUT2D eigenvalue weighted by molar-refractivity contribution is 5.52. The van der Waals surface area contributed by atoms with E-state index in [2.05, 4.69) is 18.8 Å². The Kier molecular flexibility index (Phi) is 2.50. The topological polar surface area (TPSA) is 26.0 Å². The molecule has 0 bridgehead atoms. The molecule has 1 heterocycles. The van der Waals surface area contributed by atoms with Crippen LogP contribution in [0.4, 0.5) is 0 Å². The van der Waals surface area contributed by atoms with Crippen LogP contribution in [0.1, 0.15) is 31.9 Å². The summed E-state index contributed by atoms with van der Waals surface area (Å²) in [4.78, 5) is 4.37. The fraction of sp³-hybridized carbons (Fsp3) is 0.400. The van der Waals surface area contributed by atoms with Crippen LogP contribution in [-0.2, 0) is 0 Å². The smallest absolute Gasteiger partial charge is 0.226 e. The van der Waals surface area contributed by atoms with Gasteiger partial charge in [0.15, 0.2) is 0 Å². The fourth-order valence-corrected chi connectivity index (χ4v) is 2.45. The molecule has 2 heteroatoms. The van der Waals surface area contributed by atoms with Gasteiger partial charge in [0.1, 0.15) is 5.76 Å². The Bertz CT molecular complexity index is 501. The van der Waals surface area contributed by atoms with Gasteiger partial charge in [-0.3, -0.25) is 0 Å². The molecular formula is C15H17NO. The van der Waals surface area contributed by atoms with Gasteiger partial charge >= 0.3 is 0 Å². The Morgan fingerprint density at radius 1 is 1.24 bits per heavy atom. The van der Waals surface area contributed by atoms with E-state index in [4.69, 9.17) is 4.42 Å².